The van der Waals surface area contributed by atoms with Gasteiger partial charge in [-0.1, -0.05) is 37.2 Å². The lowest BCUT2D eigenvalue weighted by atomic mass is 9.97. The van der Waals surface area contributed by atoms with Gasteiger partial charge in [-0.15, -0.1) is 0 Å². The summed E-state index contributed by atoms with van der Waals surface area (Å²) in [6.07, 6.45) is 1.45. The van der Waals surface area contributed by atoms with E-state index in [0.717, 1.165) is 11.1 Å². The van der Waals surface area contributed by atoms with Crippen molar-refractivity contribution in [2.45, 2.75) is 50.8 Å². The number of carbonyl (C=O) groups excluding carboxylic acids is 1. The summed E-state index contributed by atoms with van der Waals surface area (Å²) in [5, 5.41) is 6.97. The zero-order valence-electron chi connectivity index (χ0n) is 21.0. The highest BCUT2D eigenvalue weighted by Gasteiger charge is 2.33. The molecule has 4 rings (SSSR count). The van der Waals surface area contributed by atoms with Crippen LogP contribution in [0, 0.1) is 12.8 Å². The summed E-state index contributed by atoms with van der Waals surface area (Å²) < 4.78 is 38.4. The molecule has 0 bridgehead atoms. The lowest BCUT2D eigenvalue weighted by molar-refractivity contribution is -0.120. The van der Waals surface area contributed by atoms with E-state index in [4.69, 9.17) is 9.26 Å². The smallest absolute Gasteiger partial charge is 0.246 e. The van der Waals surface area contributed by atoms with Crippen molar-refractivity contribution in [2.75, 3.05) is 25.5 Å². The summed E-state index contributed by atoms with van der Waals surface area (Å²) in [5.74, 6) is 1.38. The van der Waals surface area contributed by atoms with E-state index < -0.39 is 10.0 Å². The number of sulfonamides is 1. The summed E-state index contributed by atoms with van der Waals surface area (Å²) in [6.45, 7) is 6.39. The minimum absolute atomic E-state index is 0.104. The molecule has 0 radical (unpaired) electrons. The molecule has 1 fully saturated rings. The highest BCUT2D eigenvalue weighted by atomic mass is 32.2. The molecule has 1 amide bonds. The standard InChI is InChI=1S/C26H32N4O5S/c1-17(2)26-28-24(29-35-26)16-19-6-8-21(9-7-19)27-25(31)20-11-13-30(14-12-20)36(32,33)23-15-18(3)5-10-22(23)34-4/h5-10,15,17,20H,11-14,16H2,1-4H3,(H,27,31). The molecule has 9 nitrogen and oxygen atoms in total. The second-order valence-corrected chi connectivity index (χ2v) is 11.3. The lowest BCUT2D eigenvalue weighted by Crippen LogP contribution is -2.41. The highest BCUT2D eigenvalue weighted by Crippen LogP contribution is 2.31. The fraction of sp³-hybridized carbons (Fsp3) is 0.423. The Balaban J connectivity index is 1.33. The van der Waals surface area contributed by atoms with Crippen molar-refractivity contribution in [1.82, 2.24) is 14.4 Å². The van der Waals surface area contributed by atoms with Gasteiger partial charge in [-0.05, 0) is 55.2 Å². The molecule has 0 saturated carbocycles. The average molecular weight is 513 g/mol. The van der Waals surface area contributed by atoms with Gasteiger partial charge in [0.2, 0.25) is 21.8 Å². The van der Waals surface area contributed by atoms with Crippen LogP contribution in [0.1, 0.15) is 55.4 Å². The van der Waals surface area contributed by atoms with Crippen LogP contribution in [0.2, 0.25) is 0 Å². The Morgan fingerprint density at radius 3 is 2.47 bits per heavy atom. The molecule has 0 atom stereocenters. The van der Waals surface area contributed by atoms with Crippen LogP contribution in [0.25, 0.3) is 0 Å². The molecular formula is C26H32N4O5S. The Bertz CT molecular complexity index is 1310. The van der Waals surface area contributed by atoms with E-state index >= 15 is 0 Å². The van der Waals surface area contributed by atoms with Crippen molar-refractivity contribution in [3.8, 4) is 5.75 Å². The molecule has 1 aromatic heterocycles. The van der Waals surface area contributed by atoms with Crippen molar-refractivity contribution < 1.29 is 22.5 Å². The SMILES string of the molecule is COc1ccc(C)cc1S(=O)(=O)N1CCC(C(=O)Nc2ccc(Cc3noc(C(C)C)n3)cc2)CC1. The number of piperidine rings is 1. The number of anilines is 1. The monoisotopic (exact) mass is 512 g/mol. The van der Waals surface area contributed by atoms with E-state index in [2.05, 4.69) is 15.5 Å². The summed E-state index contributed by atoms with van der Waals surface area (Å²) >= 11 is 0. The number of aromatic nitrogens is 2. The van der Waals surface area contributed by atoms with Crippen LogP contribution in [0.4, 0.5) is 5.69 Å². The number of methoxy groups -OCH3 is 1. The predicted molar refractivity (Wildman–Crippen MR) is 135 cm³/mol. The summed E-state index contributed by atoms with van der Waals surface area (Å²) in [5.41, 5.74) is 2.54. The minimum atomic E-state index is -3.71. The van der Waals surface area contributed by atoms with E-state index in [9.17, 15) is 13.2 Å². The second-order valence-electron chi connectivity index (χ2n) is 9.40. The van der Waals surface area contributed by atoms with Crippen LogP contribution in [-0.2, 0) is 21.2 Å². The summed E-state index contributed by atoms with van der Waals surface area (Å²) in [4.78, 5) is 17.4. The van der Waals surface area contributed by atoms with Gasteiger partial charge in [0.1, 0.15) is 10.6 Å². The second kappa shape index (κ2) is 10.8. The van der Waals surface area contributed by atoms with Gasteiger partial charge in [0.05, 0.1) is 7.11 Å². The number of nitrogens with one attached hydrogen (secondary N) is 1. The lowest BCUT2D eigenvalue weighted by Gasteiger charge is -2.31. The van der Waals surface area contributed by atoms with Gasteiger partial charge >= 0.3 is 0 Å². The molecule has 192 valence electrons. The molecule has 2 heterocycles. The van der Waals surface area contributed by atoms with Crippen LogP contribution >= 0.6 is 0 Å². The maximum absolute atomic E-state index is 13.2. The van der Waals surface area contributed by atoms with Crippen LogP contribution in [0.5, 0.6) is 5.75 Å². The first kappa shape index (κ1) is 25.8. The number of carbonyl (C=O) groups is 1. The van der Waals surface area contributed by atoms with E-state index in [1.165, 1.54) is 11.4 Å². The first-order valence-corrected chi connectivity index (χ1v) is 13.5. The molecule has 0 spiro atoms. The minimum Gasteiger partial charge on any atom is -0.495 e. The van der Waals surface area contributed by atoms with E-state index in [0.29, 0.717) is 42.4 Å². The molecule has 2 aromatic carbocycles. The van der Waals surface area contributed by atoms with Gasteiger partial charge in [-0.3, -0.25) is 4.79 Å². The van der Waals surface area contributed by atoms with Crippen LogP contribution in [0.15, 0.2) is 51.9 Å². The van der Waals surface area contributed by atoms with Crippen LogP contribution in [0.3, 0.4) is 0 Å². The molecule has 1 aliphatic heterocycles. The quantitative estimate of drug-likeness (QED) is 0.482. The molecule has 36 heavy (non-hydrogen) atoms. The number of amides is 1. The van der Waals surface area contributed by atoms with Crippen LogP contribution in [-0.4, -0.2) is 49.0 Å². The van der Waals surface area contributed by atoms with Gasteiger partial charge in [0.15, 0.2) is 5.82 Å². The molecular weight excluding hydrogens is 480 g/mol. The van der Waals surface area contributed by atoms with Crippen molar-refractivity contribution in [2.24, 2.45) is 5.92 Å². The van der Waals surface area contributed by atoms with Gasteiger partial charge in [-0.25, -0.2) is 8.42 Å². The first-order chi connectivity index (χ1) is 17.2. The fourth-order valence-electron chi connectivity index (χ4n) is 4.19. The zero-order chi connectivity index (χ0) is 25.9. The average Bonchev–Trinajstić information content (AvgIpc) is 3.34. The van der Waals surface area contributed by atoms with Gasteiger partial charge < -0.3 is 14.6 Å². The Morgan fingerprint density at radius 2 is 1.86 bits per heavy atom. The molecule has 10 heteroatoms. The third-order valence-corrected chi connectivity index (χ3v) is 8.24. The van der Waals surface area contributed by atoms with Crippen molar-refractivity contribution >= 4 is 21.6 Å². The predicted octanol–water partition coefficient (Wildman–Crippen LogP) is 4.14. The number of aryl methyl sites for hydroxylation is 1. The van der Waals surface area contributed by atoms with Crippen molar-refractivity contribution in [3.63, 3.8) is 0 Å². The van der Waals surface area contributed by atoms with E-state index in [1.54, 1.807) is 12.1 Å². The highest BCUT2D eigenvalue weighted by molar-refractivity contribution is 7.89. The van der Waals surface area contributed by atoms with Crippen molar-refractivity contribution in [1.29, 1.82) is 0 Å². The zero-order valence-corrected chi connectivity index (χ0v) is 21.8. The third-order valence-electron chi connectivity index (χ3n) is 6.32. The van der Waals surface area contributed by atoms with Crippen LogP contribution < -0.4 is 10.1 Å². The number of hydrogen-bond donors (Lipinski definition) is 1. The molecule has 1 aliphatic rings. The Morgan fingerprint density at radius 1 is 1.17 bits per heavy atom. The maximum atomic E-state index is 13.2. The molecule has 0 unspecified atom stereocenters. The fourth-order valence-corrected chi connectivity index (χ4v) is 5.90. The first-order valence-electron chi connectivity index (χ1n) is 12.0. The number of ether oxygens (including phenoxy) is 1. The summed E-state index contributed by atoms with van der Waals surface area (Å²) in [6, 6.07) is 12.6. The molecule has 3 aromatic rings. The number of rotatable bonds is 8. The summed E-state index contributed by atoms with van der Waals surface area (Å²) in [7, 11) is -2.25. The molecule has 1 N–H and O–H groups in total. The topological polar surface area (TPSA) is 115 Å². The number of hydrogen-bond acceptors (Lipinski definition) is 7. The maximum Gasteiger partial charge on any atom is 0.246 e. The third kappa shape index (κ3) is 5.76. The van der Waals surface area contributed by atoms with Gasteiger partial charge in [0.25, 0.3) is 0 Å². The largest absolute Gasteiger partial charge is 0.495 e. The van der Waals surface area contributed by atoms with Crippen molar-refractivity contribution in [3.05, 3.63) is 65.3 Å². The van der Waals surface area contributed by atoms with E-state index in [1.807, 2.05) is 51.1 Å². The molecule has 0 aliphatic carbocycles. The van der Waals surface area contributed by atoms with Gasteiger partial charge in [-0.2, -0.15) is 9.29 Å². The van der Waals surface area contributed by atoms with Gasteiger partial charge in [0, 0.05) is 37.0 Å². The normalized spacial score (nSPS) is 15.2. The Labute approximate surface area is 211 Å². The van der Waals surface area contributed by atoms with E-state index in [-0.39, 0.29) is 35.7 Å². The number of benzene rings is 2. The number of nitrogens with zero attached hydrogens (tertiary/aromatic N) is 3. The Kier molecular flexibility index (Phi) is 7.75. The Hall–Kier alpha value is -3.24. The molecule has 1 saturated heterocycles.